The van der Waals surface area contributed by atoms with Gasteiger partial charge in [0.25, 0.3) is 5.24 Å². The molecular weight excluding hydrogens is 354 g/mol. The van der Waals surface area contributed by atoms with E-state index in [0.29, 0.717) is 0 Å². The highest BCUT2D eigenvalue weighted by Crippen LogP contribution is 2.27. The van der Waals surface area contributed by atoms with Crippen LogP contribution in [0.2, 0.25) is 0 Å². The predicted molar refractivity (Wildman–Crippen MR) is 91.7 cm³/mol. The van der Waals surface area contributed by atoms with Crippen LogP contribution in [0.25, 0.3) is 9.88 Å². The van der Waals surface area contributed by atoms with Gasteiger partial charge < -0.3 is 5.32 Å². The van der Waals surface area contributed by atoms with Crippen LogP contribution in [-0.2, 0) is 16.0 Å². The van der Waals surface area contributed by atoms with Gasteiger partial charge in [0, 0.05) is 18.5 Å². The van der Waals surface area contributed by atoms with Crippen LogP contribution in [0.5, 0.6) is 0 Å². The molecule has 0 unspecified atom stereocenters. The maximum absolute atomic E-state index is 11.9. The van der Waals surface area contributed by atoms with Crippen molar-refractivity contribution >= 4 is 51.5 Å². The van der Waals surface area contributed by atoms with Gasteiger partial charge in [-0.15, -0.1) is 22.7 Å². The van der Waals surface area contributed by atoms with Crippen LogP contribution in [0, 0.1) is 0 Å². The molecule has 0 saturated carbocycles. The number of nitrogens with one attached hydrogen (secondary N) is 1. The Morgan fingerprint density at radius 2 is 2.22 bits per heavy atom. The quantitative estimate of drug-likeness (QED) is 0.847. The number of nitrogens with zero attached hydrogens (tertiary/aromatic N) is 2. The molecule has 23 heavy (non-hydrogen) atoms. The van der Waals surface area contributed by atoms with Crippen LogP contribution in [-0.4, -0.2) is 45.8 Å². The summed E-state index contributed by atoms with van der Waals surface area (Å²) in [6.07, 6.45) is 0.193. The van der Waals surface area contributed by atoms with Crippen LogP contribution in [0.1, 0.15) is 5.69 Å². The lowest BCUT2D eigenvalue weighted by Crippen LogP contribution is -2.37. The molecule has 2 aromatic heterocycles. The Kier molecular flexibility index (Phi) is 5.09. The van der Waals surface area contributed by atoms with E-state index < -0.39 is 0 Å². The fraction of sp³-hybridized carbons (Fsp3) is 0.286. The molecule has 0 atom stereocenters. The van der Waals surface area contributed by atoms with E-state index in [1.807, 2.05) is 22.9 Å². The fourth-order valence-corrected chi connectivity index (χ4v) is 4.42. The number of carbonyl (C=O) groups excluding carboxylic acids is 3. The Bertz CT molecular complexity index is 711. The number of thioether (sulfide) groups is 1. The number of hydrogen-bond donors (Lipinski definition) is 1. The van der Waals surface area contributed by atoms with E-state index in [1.54, 1.807) is 11.3 Å². The highest BCUT2D eigenvalue weighted by atomic mass is 32.2. The van der Waals surface area contributed by atoms with Gasteiger partial charge in [-0.25, -0.2) is 4.98 Å². The van der Waals surface area contributed by atoms with E-state index in [0.717, 1.165) is 27.3 Å². The van der Waals surface area contributed by atoms with Gasteiger partial charge in [0.15, 0.2) is 0 Å². The van der Waals surface area contributed by atoms with Gasteiger partial charge in [0.2, 0.25) is 11.8 Å². The Morgan fingerprint density at radius 1 is 1.35 bits per heavy atom. The van der Waals surface area contributed by atoms with E-state index in [1.165, 1.54) is 16.2 Å². The van der Waals surface area contributed by atoms with Crippen molar-refractivity contribution in [3.8, 4) is 9.88 Å². The lowest BCUT2D eigenvalue weighted by molar-refractivity contribution is -0.125. The van der Waals surface area contributed by atoms with Crippen molar-refractivity contribution < 1.29 is 14.4 Å². The molecule has 1 aliphatic rings. The molecule has 3 heterocycles. The lowest BCUT2D eigenvalue weighted by Gasteiger charge is -2.12. The third-order valence-electron chi connectivity index (χ3n) is 3.12. The number of aromatic nitrogens is 1. The second kappa shape index (κ2) is 7.24. The van der Waals surface area contributed by atoms with Crippen molar-refractivity contribution in [2.24, 2.45) is 0 Å². The molecule has 1 N–H and O–H groups in total. The Morgan fingerprint density at radius 3 is 2.91 bits per heavy atom. The number of rotatable bonds is 6. The van der Waals surface area contributed by atoms with Gasteiger partial charge in [-0.2, -0.15) is 0 Å². The number of amides is 3. The molecule has 1 fully saturated rings. The second-order valence-electron chi connectivity index (χ2n) is 4.75. The maximum atomic E-state index is 11.9. The summed E-state index contributed by atoms with van der Waals surface area (Å²) in [5.41, 5.74) is 0.722. The summed E-state index contributed by atoms with van der Waals surface area (Å²) in [4.78, 5) is 41.5. The first kappa shape index (κ1) is 16.2. The van der Waals surface area contributed by atoms with Crippen molar-refractivity contribution in [1.29, 1.82) is 0 Å². The van der Waals surface area contributed by atoms with Gasteiger partial charge >= 0.3 is 0 Å². The monoisotopic (exact) mass is 367 g/mol. The molecule has 0 aliphatic carbocycles. The van der Waals surface area contributed by atoms with E-state index in [4.69, 9.17) is 0 Å². The van der Waals surface area contributed by atoms with Crippen LogP contribution in [0.3, 0.4) is 0 Å². The molecule has 1 aliphatic heterocycles. The number of thiazole rings is 1. The van der Waals surface area contributed by atoms with Crippen molar-refractivity contribution in [2.75, 3.05) is 18.8 Å². The molecule has 3 rings (SSSR count). The molecule has 1 saturated heterocycles. The van der Waals surface area contributed by atoms with Crippen LogP contribution in [0.15, 0.2) is 22.9 Å². The molecule has 0 bridgehead atoms. The minimum Gasteiger partial charge on any atom is -0.354 e. The van der Waals surface area contributed by atoms with Gasteiger partial charge in [-0.05, 0) is 11.4 Å². The van der Waals surface area contributed by atoms with Gasteiger partial charge in [-0.3, -0.25) is 19.3 Å². The Balaban J connectivity index is 1.46. The number of hydrogen-bond acceptors (Lipinski definition) is 7. The highest BCUT2D eigenvalue weighted by molar-refractivity contribution is 8.14. The summed E-state index contributed by atoms with van der Waals surface area (Å²) >= 11 is 4.12. The predicted octanol–water partition coefficient (Wildman–Crippen LogP) is 2.23. The summed E-state index contributed by atoms with van der Waals surface area (Å²) in [6.45, 7) is 0.479. The highest BCUT2D eigenvalue weighted by Gasteiger charge is 2.29. The van der Waals surface area contributed by atoms with Crippen molar-refractivity contribution in [1.82, 2.24) is 15.2 Å². The van der Waals surface area contributed by atoms with Gasteiger partial charge in [0.1, 0.15) is 5.01 Å². The summed E-state index contributed by atoms with van der Waals surface area (Å²) in [6, 6.07) is 3.96. The Hall–Kier alpha value is -1.71. The number of thiophene rings is 1. The summed E-state index contributed by atoms with van der Waals surface area (Å²) in [5, 5.41) is 7.24. The zero-order valence-electron chi connectivity index (χ0n) is 12.0. The lowest BCUT2D eigenvalue weighted by atomic mass is 10.3. The van der Waals surface area contributed by atoms with Crippen molar-refractivity contribution in [3.05, 3.63) is 28.6 Å². The Labute approximate surface area is 144 Å². The molecular formula is C14H13N3O3S3. The van der Waals surface area contributed by atoms with E-state index in [9.17, 15) is 14.4 Å². The first-order valence-corrected chi connectivity index (χ1v) is 9.60. The van der Waals surface area contributed by atoms with Gasteiger partial charge in [-0.1, -0.05) is 17.8 Å². The third kappa shape index (κ3) is 3.98. The average Bonchev–Trinajstić information content (AvgIpc) is 3.24. The third-order valence-corrected chi connectivity index (χ3v) is 5.91. The fourth-order valence-electron chi connectivity index (χ4n) is 2.03. The molecule has 120 valence electrons. The van der Waals surface area contributed by atoms with E-state index in [-0.39, 0.29) is 42.3 Å². The minimum absolute atomic E-state index is 0.167. The zero-order valence-corrected chi connectivity index (χ0v) is 14.4. The average molecular weight is 367 g/mol. The zero-order chi connectivity index (χ0) is 16.2. The molecule has 9 heteroatoms. The number of imide groups is 1. The summed E-state index contributed by atoms with van der Waals surface area (Å²) < 4.78 is 0. The second-order valence-corrected chi connectivity index (χ2v) is 7.48. The molecule has 0 radical (unpaired) electrons. The first-order valence-electron chi connectivity index (χ1n) is 6.85. The van der Waals surface area contributed by atoms with E-state index >= 15 is 0 Å². The van der Waals surface area contributed by atoms with Crippen LogP contribution in [0.4, 0.5) is 4.79 Å². The van der Waals surface area contributed by atoms with Crippen molar-refractivity contribution in [2.45, 2.75) is 6.42 Å². The maximum Gasteiger partial charge on any atom is 0.288 e. The molecule has 6 nitrogen and oxygen atoms in total. The van der Waals surface area contributed by atoms with Crippen LogP contribution >= 0.6 is 34.4 Å². The standard InChI is InChI=1S/C14H13N3O3S3/c18-11(15-3-4-17-12(19)8-23-14(17)20)6-9-7-22-13(16-9)10-2-1-5-21-10/h1-2,5,7H,3-4,6,8H2,(H,15,18). The minimum atomic E-state index is -0.246. The topological polar surface area (TPSA) is 79.4 Å². The first-order chi connectivity index (χ1) is 11.1. The molecule has 0 aromatic carbocycles. The van der Waals surface area contributed by atoms with E-state index in [2.05, 4.69) is 10.3 Å². The normalized spacial score (nSPS) is 14.5. The molecule has 3 amide bonds. The summed E-state index contributed by atoms with van der Waals surface area (Å²) in [5.74, 6) is -0.175. The summed E-state index contributed by atoms with van der Waals surface area (Å²) in [7, 11) is 0. The molecule has 2 aromatic rings. The molecule has 0 spiro atoms. The largest absolute Gasteiger partial charge is 0.354 e. The number of carbonyl (C=O) groups is 3. The smallest absolute Gasteiger partial charge is 0.288 e. The van der Waals surface area contributed by atoms with Crippen molar-refractivity contribution in [3.63, 3.8) is 0 Å². The van der Waals surface area contributed by atoms with Crippen LogP contribution < -0.4 is 5.32 Å². The van der Waals surface area contributed by atoms with Gasteiger partial charge in [0.05, 0.1) is 22.7 Å². The SMILES string of the molecule is O=C(Cc1csc(-c2cccs2)n1)NCCN1C(=O)CSC1=O.